The molecule has 3 amide bonds. The summed E-state index contributed by atoms with van der Waals surface area (Å²) >= 11 is 0. The van der Waals surface area contributed by atoms with Crippen molar-refractivity contribution in [1.29, 1.82) is 0 Å². The third kappa shape index (κ3) is 3.42. The van der Waals surface area contributed by atoms with Crippen molar-refractivity contribution in [2.45, 2.75) is 24.9 Å². The molecule has 0 saturated carbocycles. The Labute approximate surface area is 165 Å². The van der Waals surface area contributed by atoms with E-state index in [-0.39, 0.29) is 11.9 Å². The van der Waals surface area contributed by atoms with E-state index in [0.29, 0.717) is 38.0 Å². The second-order valence-electron chi connectivity index (χ2n) is 7.52. The monoisotopic (exact) mass is 378 g/mol. The van der Waals surface area contributed by atoms with Crippen LogP contribution in [-0.4, -0.2) is 49.2 Å². The molecule has 0 unspecified atom stereocenters. The summed E-state index contributed by atoms with van der Waals surface area (Å²) in [4.78, 5) is 29.1. The van der Waals surface area contributed by atoms with Crippen molar-refractivity contribution < 1.29 is 9.59 Å². The van der Waals surface area contributed by atoms with Gasteiger partial charge in [0.15, 0.2) is 0 Å². The first kappa shape index (κ1) is 18.3. The molecule has 0 atom stereocenters. The smallest absolute Gasteiger partial charge is 0.317 e. The van der Waals surface area contributed by atoms with Crippen LogP contribution in [0.4, 0.5) is 10.5 Å². The zero-order chi connectivity index (χ0) is 19.6. The maximum atomic E-state index is 12.6. The van der Waals surface area contributed by atoms with Crippen LogP contribution in [0.5, 0.6) is 0 Å². The number of piperidine rings is 1. The molecule has 6 heteroatoms. The van der Waals surface area contributed by atoms with E-state index in [0.717, 1.165) is 12.1 Å². The first-order valence-corrected chi connectivity index (χ1v) is 9.81. The summed E-state index contributed by atoms with van der Waals surface area (Å²) in [7, 11) is 2.02. The molecule has 2 aliphatic rings. The minimum atomic E-state index is -0.424. The van der Waals surface area contributed by atoms with Crippen LogP contribution in [-0.2, 0) is 6.42 Å². The number of amides is 3. The summed E-state index contributed by atoms with van der Waals surface area (Å²) < 4.78 is 0. The third-order valence-corrected chi connectivity index (χ3v) is 5.91. The molecule has 1 saturated heterocycles. The van der Waals surface area contributed by atoms with Crippen molar-refractivity contribution in [2.24, 2.45) is 0 Å². The number of likely N-dealkylation sites (tertiary alicyclic amines) is 1. The van der Waals surface area contributed by atoms with E-state index in [1.165, 1.54) is 5.56 Å². The third-order valence-electron chi connectivity index (χ3n) is 5.91. The van der Waals surface area contributed by atoms with E-state index in [1.807, 2.05) is 54.4 Å². The summed E-state index contributed by atoms with van der Waals surface area (Å²) in [5, 5.41) is 6.20. The lowest BCUT2D eigenvalue weighted by molar-refractivity contribution is 0.0810. The highest BCUT2D eigenvalue weighted by atomic mass is 16.2. The van der Waals surface area contributed by atoms with Crippen molar-refractivity contribution in [1.82, 2.24) is 15.5 Å². The Hall–Kier alpha value is -3.02. The van der Waals surface area contributed by atoms with Crippen molar-refractivity contribution in [3.63, 3.8) is 0 Å². The number of rotatable bonds is 3. The van der Waals surface area contributed by atoms with Crippen LogP contribution in [0.3, 0.4) is 0 Å². The summed E-state index contributed by atoms with van der Waals surface area (Å²) in [6.45, 7) is 1.85. The van der Waals surface area contributed by atoms with Crippen LogP contribution in [0.25, 0.3) is 0 Å². The largest absolute Gasteiger partial charge is 0.351 e. The number of carbonyl (C=O) groups is 2. The Balaban J connectivity index is 1.34. The second kappa shape index (κ2) is 7.54. The SMILES string of the molecule is CN1c2ccccc2C(=O)NC12CCN(C(=O)NCCc1ccccc1)CC2. The molecule has 6 nitrogen and oxygen atoms in total. The highest BCUT2D eigenvalue weighted by Crippen LogP contribution is 2.35. The Bertz CT molecular complexity index is 860. The summed E-state index contributed by atoms with van der Waals surface area (Å²) in [6, 6.07) is 17.8. The van der Waals surface area contributed by atoms with Gasteiger partial charge in [-0.2, -0.15) is 0 Å². The minimum Gasteiger partial charge on any atom is -0.351 e. The lowest BCUT2D eigenvalue weighted by Crippen LogP contribution is -2.67. The van der Waals surface area contributed by atoms with Crippen LogP contribution in [0, 0.1) is 0 Å². The number of urea groups is 1. The van der Waals surface area contributed by atoms with Gasteiger partial charge in [-0.25, -0.2) is 4.79 Å². The number of para-hydroxylation sites is 1. The van der Waals surface area contributed by atoms with E-state index < -0.39 is 5.66 Å². The fraction of sp³-hybridized carbons (Fsp3) is 0.364. The topological polar surface area (TPSA) is 64.7 Å². The molecule has 2 aromatic rings. The Morgan fingerprint density at radius 2 is 1.75 bits per heavy atom. The lowest BCUT2D eigenvalue weighted by atomic mass is 9.90. The summed E-state index contributed by atoms with van der Waals surface area (Å²) in [6.07, 6.45) is 2.23. The number of nitrogens with one attached hydrogen (secondary N) is 2. The van der Waals surface area contributed by atoms with Crippen LogP contribution >= 0.6 is 0 Å². The van der Waals surface area contributed by atoms with Gasteiger partial charge in [0.25, 0.3) is 5.91 Å². The Kier molecular flexibility index (Phi) is 4.94. The molecule has 2 N–H and O–H groups in total. The average molecular weight is 378 g/mol. The second-order valence-corrected chi connectivity index (χ2v) is 7.52. The highest BCUT2D eigenvalue weighted by molar-refractivity contribution is 6.02. The quantitative estimate of drug-likeness (QED) is 0.863. The maximum Gasteiger partial charge on any atom is 0.317 e. The van der Waals surface area contributed by atoms with Gasteiger partial charge in [0, 0.05) is 39.5 Å². The minimum absolute atomic E-state index is 0.0315. The molecule has 2 heterocycles. The van der Waals surface area contributed by atoms with E-state index in [4.69, 9.17) is 0 Å². The molecule has 4 rings (SSSR count). The maximum absolute atomic E-state index is 12.6. The lowest BCUT2D eigenvalue weighted by Gasteiger charge is -2.51. The van der Waals surface area contributed by atoms with Crippen LogP contribution < -0.4 is 15.5 Å². The van der Waals surface area contributed by atoms with Gasteiger partial charge in [0.1, 0.15) is 5.66 Å². The van der Waals surface area contributed by atoms with E-state index in [2.05, 4.69) is 27.7 Å². The van der Waals surface area contributed by atoms with Crippen LogP contribution in [0.15, 0.2) is 54.6 Å². The first-order chi connectivity index (χ1) is 13.6. The molecule has 0 aliphatic carbocycles. The molecule has 28 heavy (non-hydrogen) atoms. The molecule has 2 aliphatic heterocycles. The van der Waals surface area contributed by atoms with Gasteiger partial charge >= 0.3 is 6.03 Å². The van der Waals surface area contributed by atoms with Crippen molar-refractivity contribution >= 4 is 17.6 Å². The molecule has 1 fully saturated rings. The molecular weight excluding hydrogens is 352 g/mol. The molecule has 0 aromatic heterocycles. The number of hydrogen-bond donors (Lipinski definition) is 2. The van der Waals surface area contributed by atoms with Gasteiger partial charge in [-0.3, -0.25) is 4.79 Å². The predicted octanol–water partition coefficient (Wildman–Crippen LogP) is 2.61. The molecule has 2 aromatic carbocycles. The average Bonchev–Trinajstić information content (AvgIpc) is 2.73. The van der Waals surface area contributed by atoms with Gasteiger partial charge in [-0.15, -0.1) is 0 Å². The number of nitrogens with zero attached hydrogens (tertiary/aromatic N) is 2. The van der Waals surface area contributed by atoms with Crippen LogP contribution in [0.1, 0.15) is 28.8 Å². The summed E-state index contributed by atoms with van der Waals surface area (Å²) in [5.74, 6) is -0.0329. The Morgan fingerprint density at radius 3 is 2.50 bits per heavy atom. The molecule has 146 valence electrons. The van der Waals surface area contributed by atoms with Gasteiger partial charge in [-0.1, -0.05) is 42.5 Å². The van der Waals surface area contributed by atoms with Gasteiger partial charge in [0.05, 0.1) is 11.3 Å². The zero-order valence-corrected chi connectivity index (χ0v) is 16.1. The van der Waals surface area contributed by atoms with E-state index in [9.17, 15) is 9.59 Å². The number of carbonyl (C=O) groups excluding carboxylic acids is 2. The Morgan fingerprint density at radius 1 is 1.07 bits per heavy atom. The van der Waals surface area contributed by atoms with E-state index >= 15 is 0 Å². The number of benzene rings is 2. The fourth-order valence-corrected chi connectivity index (χ4v) is 4.16. The normalized spacial score (nSPS) is 17.8. The number of hydrogen-bond acceptors (Lipinski definition) is 3. The van der Waals surface area contributed by atoms with E-state index in [1.54, 1.807) is 0 Å². The van der Waals surface area contributed by atoms with Gasteiger partial charge in [0.2, 0.25) is 0 Å². The fourth-order valence-electron chi connectivity index (χ4n) is 4.16. The highest BCUT2D eigenvalue weighted by Gasteiger charge is 2.44. The predicted molar refractivity (Wildman–Crippen MR) is 109 cm³/mol. The van der Waals surface area contributed by atoms with Crippen molar-refractivity contribution in [2.75, 3.05) is 31.6 Å². The standard InChI is InChI=1S/C22H26N4O2/c1-25-19-10-6-5-9-18(19)20(27)24-22(25)12-15-26(16-13-22)21(28)23-14-11-17-7-3-2-4-8-17/h2-10H,11-16H2,1H3,(H,23,28)(H,24,27). The van der Waals surface area contributed by atoms with Gasteiger partial charge in [-0.05, 0) is 24.1 Å². The van der Waals surface area contributed by atoms with Gasteiger partial charge < -0.3 is 20.4 Å². The molecule has 0 radical (unpaired) electrons. The van der Waals surface area contributed by atoms with Crippen LogP contribution in [0.2, 0.25) is 0 Å². The molecule has 0 bridgehead atoms. The number of anilines is 1. The summed E-state index contributed by atoms with van der Waals surface area (Å²) in [5.41, 5.74) is 2.45. The molecule has 1 spiro atoms. The van der Waals surface area contributed by atoms with Crippen molar-refractivity contribution in [3.05, 3.63) is 65.7 Å². The zero-order valence-electron chi connectivity index (χ0n) is 16.1. The first-order valence-electron chi connectivity index (χ1n) is 9.81. The van der Waals surface area contributed by atoms with Crippen molar-refractivity contribution in [3.8, 4) is 0 Å². The number of fused-ring (bicyclic) bond motifs is 1. The molecular formula is C22H26N4O2.